The normalized spacial score (nSPS) is 18.5. The summed E-state index contributed by atoms with van der Waals surface area (Å²) in [5, 5.41) is 10.8. The van der Waals surface area contributed by atoms with Crippen molar-refractivity contribution in [2.75, 3.05) is 10.6 Å². The number of aromatic amines is 1. The van der Waals surface area contributed by atoms with Gasteiger partial charge in [0.15, 0.2) is 5.65 Å². The second kappa shape index (κ2) is 8.23. The van der Waals surface area contributed by atoms with Gasteiger partial charge in [-0.15, -0.1) is 5.10 Å². The van der Waals surface area contributed by atoms with Crippen LogP contribution >= 0.6 is 0 Å². The summed E-state index contributed by atoms with van der Waals surface area (Å²) in [7, 11) is 0. The summed E-state index contributed by atoms with van der Waals surface area (Å²) in [4.78, 5) is 23.2. The first-order valence-electron chi connectivity index (χ1n) is 10.5. The average molecular weight is 455 g/mol. The fourth-order valence-electron chi connectivity index (χ4n) is 4.04. The summed E-state index contributed by atoms with van der Waals surface area (Å²) in [6, 6.07) is 9.42. The molecule has 170 valence electrons. The van der Waals surface area contributed by atoms with Gasteiger partial charge in [-0.05, 0) is 55.7 Å². The number of hydrogen-bond donors (Lipinski definition) is 3. The second-order valence-electron chi connectivity index (χ2n) is 7.99. The topological polar surface area (TPSA) is 100 Å². The minimum absolute atomic E-state index is 0.0872. The maximum absolute atomic E-state index is 12.9. The number of hydrogen-bond acceptors (Lipinski definition) is 6. The molecule has 4 aromatic rings. The van der Waals surface area contributed by atoms with Gasteiger partial charge in [0.25, 0.3) is 5.56 Å². The van der Waals surface area contributed by atoms with Crippen LogP contribution in [0.4, 0.5) is 24.9 Å². The lowest BCUT2D eigenvalue weighted by molar-refractivity contribution is -0.137. The van der Waals surface area contributed by atoms with Crippen LogP contribution < -0.4 is 16.2 Å². The van der Waals surface area contributed by atoms with E-state index in [4.69, 9.17) is 0 Å². The smallest absolute Gasteiger partial charge is 0.367 e. The van der Waals surface area contributed by atoms with E-state index in [0.717, 1.165) is 37.0 Å². The van der Waals surface area contributed by atoms with Gasteiger partial charge in [-0.3, -0.25) is 4.79 Å². The molecule has 11 heteroatoms. The molecule has 0 spiro atoms. The zero-order valence-corrected chi connectivity index (χ0v) is 17.3. The molecule has 0 aromatic carbocycles. The number of fused-ring (bicyclic) bond motifs is 1. The van der Waals surface area contributed by atoms with E-state index in [-0.39, 0.29) is 23.3 Å². The predicted octanol–water partition coefficient (Wildman–Crippen LogP) is 3.94. The minimum Gasteiger partial charge on any atom is -0.367 e. The van der Waals surface area contributed by atoms with Crippen molar-refractivity contribution in [1.29, 1.82) is 0 Å². The van der Waals surface area contributed by atoms with Gasteiger partial charge in [0.2, 0.25) is 5.95 Å². The van der Waals surface area contributed by atoms with E-state index in [2.05, 4.69) is 30.7 Å². The third-order valence-corrected chi connectivity index (χ3v) is 5.68. The Morgan fingerprint density at radius 1 is 1.09 bits per heavy atom. The highest BCUT2D eigenvalue weighted by molar-refractivity contribution is 5.62. The maximum Gasteiger partial charge on any atom is 0.416 e. The van der Waals surface area contributed by atoms with Crippen LogP contribution in [0.1, 0.15) is 24.8 Å². The molecule has 2 atom stereocenters. The number of nitrogens with zero attached hydrogens (tertiary/aromatic N) is 4. The van der Waals surface area contributed by atoms with Gasteiger partial charge in [0.05, 0.1) is 5.56 Å². The molecule has 33 heavy (non-hydrogen) atoms. The van der Waals surface area contributed by atoms with Crippen molar-refractivity contribution in [3.63, 3.8) is 0 Å². The van der Waals surface area contributed by atoms with E-state index in [1.807, 2.05) is 12.1 Å². The Morgan fingerprint density at radius 3 is 2.64 bits per heavy atom. The van der Waals surface area contributed by atoms with Crippen molar-refractivity contribution in [2.24, 2.45) is 0 Å². The first kappa shape index (κ1) is 21.0. The summed E-state index contributed by atoms with van der Waals surface area (Å²) >= 11 is 0. The molecule has 5 rings (SSSR count). The zero-order chi connectivity index (χ0) is 23.0. The van der Waals surface area contributed by atoms with Crippen LogP contribution in [0.15, 0.2) is 59.8 Å². The largest absolute Gasteiger partial charge is 0.416 e. The van der Waals surface area contributed by atoms with Gasteiger partial charge in [0.1, 0.15) is 5.82 Å². The number of pyridine rings is 3. The van der Waals surface area contributed by atoms with Gasteiger partial charge < -0.3 is 15.6 Å². The van der Waals surface area contributed by atoms with Crippen molar-refractivity contribution in [3.8, 4) is 11.1 Å². The number of halogens is 3. The van der Waals surface area contributed by atoms with Crippen molar-refractivity contribution < 1.29 is 13.2 Å². The highest BCUT2D eigenvalue weighted by Gasteiger charge is 2.31. The highest BCUT2D eigenvalue weighted by Crippen LogP contribution is 2.30. The second-order valence-corrected chi connectivity index (χ2v) is 7.99. The molecule has 0 saturated heterocycles. The molecule has 0 bridgehead atoms. The van der Waals surface area contributed by atoms with Crippen LogP contribution in [-0.4, -0.2) is 36.6 Å². The fourth-order valence-corrected chi connectivity index (χ4v) is 4.04. The Hall–Kier alpha value is -3.89. The molecule has 0 aliphatic heterocycles. The monoisotopic (exact) mass is 455 g/mol. The molecule has 0 unspecified atom stereocenters. The van der Waals surface area contributed by atoms with E-state index in [1.165, 1.54) is 10.7 Å². The number of alkyl halides is 3. The number of rotatable bonds is 5. The van der Waals surface area contributed by atoms with Crippen LogP contribution in [-0.2, 0) is 6.18 Å². The molecular formula is C22H20F3N7O. The Labute approximate surface area is 185 Å². The van der Waals surface area contributed by atoms with Crippen molar-refractivity contribution in [3.05, 3.63) is 70.9 Å². The van der Waals surface area contributed by atoms with Crippen LogP contribution in [0.5, 0.6) is 0 Å². The minimum atomic E-state index is -4.42. The summed E-state index contributed by atoms with van der Waals surface area (Å²) in [6.07, 6.45) is 2.62. The predicted molar refractivity (Wildman–Crippen MR) is 117 cm³/mol. The van der Waals surface area contributed by atoms with E-state index in [0.29, 0.717) is 17.3 Å². The van der Waals surface area contributed by atoms with Crippen LogP contribution in [0.25, 0.3) is 16.8 Å². The van der Waals surface area contributed by atoms with E-state index in [9.17, 15) is 18.0 Å². The lowest BCUT2D eigenvalue weighted by Gasteiger charge is -2.14. The van der Waals surface area contributed by atoms with E-state index >= 15 is 0 Å². The molecular weight excluding hydrogens is 435 g/mol. The van der Waals surface area contributed by atoms with Gasteiger partial charge >= 0.3 is 6.18 Å². The number of anilines is 2. The lowest BCUT2D eigenvalue weighted by Crippen LogP contribution is -2.21. The van der Waals surface area contributed by atoms with Crippen molar-refractivity contribution in [1.82, 2.24) is 24.6 Å². The molecule has 3 N–H and O–H groups in total. The van der Waals surface area contributed by atoms with Gasteiger partial charge in [-0.2, -0.15) is 18.2 Å². The van der Waals surface area contributed by atoms with Gasteiger partial charge in [0, 0.05) is 41.8 Å². The molecule has 1 saturated carbocycles. The van der Waals surface area contributed by atoms with E-state index < -0.39 is 11.7 Å². The maximum atomic E-state index is 12.9. The third-order valence-electron chi connectivity index (χ3n) is 5.68. The van der Waals surface area contributed by atoms with Crippen LogP contribution in [0.2, 0.25) is 0 Å². The van der Waals surface area contributed by atoms with Crippen molar-refractivity contribution >= 4 is 17.4 Å². The first-order chi connectivity index (χ1) is 15.8. The standard InChI is InChI=1S/C22H20F3N7O/c23-22(24,25)14-7-9-32-19(10-14)30-21(31-32)29-16-5-4-15(11-16)28-18-6-3-13(12-27-18)17-2-1-8-26-20(17)33/h1-3,6-10,12,15-16H,4-5,11H2,(H,26,33)(H,27,28)(H,29,31)/t15-,16-/m0/s1. The molecule has 1 fully saturated rings. The summed E-state index contributed by atoms with van der Waals surface area (Å²) in [5.74, 6) is 1.01. The molecule has 4 aromatic heterocycles. The van der Waals surface area contributed by atoms with Gasteiger partial charge in [-0.1, -0.05) is 0 Å². The Kier molecular flexibility index (Phi) is 5.23. The van der Waals surface area contributed by atoms with Gasteiger partial charge in [-0.25, -0.2) is 9.50 Å². The molecule has 1 aliphatic carbocycles. The number of aromatic nitrogens is 5. The van der Waals surface area contributed by atoms with Crippen molar-refractivity contribution in [2.45, 2.75) is 37.5 Å². The lowest BCUT2D eigenvalue weighted by atomic mass is 10.1. The quantitative estimate of drug-likeness (QED) is 0.422. The Morgan fingerprint density at radius 2 is 1.91 bits per heavy atom. The molecule has 4 heterocycles. The van der Waals surface area contributed by atoms with E-state index in [1.54, 1.807) is 24.5 Å². The fraction of sp³-hybridized carbons (Fsp3) is 0.273. The first-order valence-corrected chi connectivity index (χ1v) is 10.5. The molecule has 0 radical (unpaired) electrons. The third kappa shape index (κ3) is 4.52. The van der Waals surface area contributed by atoms with Crippen LogP contribution in [0, 0.1) is 0 Å². The molecule has 8 nitrogen and oxygen atoms in total. The molecule has 1 aliphatic rings. The molecule has 0 amide bonds. The average Bonchev–Trinajstić information content (AvgIpc) is 3.40. The summed E-state index contributed by atoms with van der Waals surface area (Å²) in [5.41, 5.74) is 0.514. The number of H-pyrrole nitrogens is 1. The SMILES string of the molecule is O=c1[nH]cccc1-c1ccc(N[C@H]2CC[C@H](Nc3nc4cc(C(F)(F)F)ccn4n3)C2)nc1. The Balaban J connectivity index is 1.20. The van der Waals surface area contributed by atoms with Crippen LogP contribution in [0.3, 0.4) is 0 Å². The highest BCUT2D eigenvalue weighted by atomic mass is 19.4. The Bertz CT molecular complexity index is 1330. The summed E-state index contributed by atoms with van der Waals surface area (Å²) in [6.45, 7) is 0. The summed E-state index contributed by atoms with van der Waals surface area (Å²) < 4.78 is 40.0. The number of nitrogens with one attached hydrogen (secondary N) is 3. The zero-order valence-electron chi connectivity index (χ0n) is 17.3.